The molecule has 3 aromatic rings. The normalized spacial score (nSPS) is 14.9. The summed E-state index contributed by atoms with van der Waals surface area (Å²) < 4.78 is 45.4. The van der Waals surface area contributed by atoms with E-state index in [2.05, 4.69) is 9.88 Å². The number of nitro groups is 1. The highest BCUT2D eigenvalue weighted by molar-refractivity contribution is 5.64. The van der Waals surface area contributed by atoms with Crippen molar-refractivity contribution in [1.29, 1.82) is 0 Å². The number of hydrogen-bond donors (Lipinski definition) is 0. The molecule has 0 spiro atoms. The van der Waals surface area contributed by atoms with Gasteiger partial charge < -0.3 is 14.9 Å². The Labute approximate surface area is 175 Å². The molecule has 2 heterocycles. The van der Waals surface area contributed by atoms with Gasteiger partial charge >= 0.3 is 18.0 Å². The number of halogens is 3. The Morgan fingerprint density at radius 1 is 1.00 bits per heavy atom. The lowest BCUT2D eigenvalue weighted by atomic mass is 10.0. The Bertz CT molecular complexity index is 1060. The van der Waals surface area contributed by atoms with Gasteiger partial charge in [0.05, 0.1) is 5.56 Å². The van der Waals surface area contributed by atoms with Crippen LogP contribution in [0.3, 0.4) is 0 Å². The van der Waals surface area contributed by atoms with E-state index in [1.807, 2.05) is 24.3 Å². The molecule has 0 atom stereocenters. The molecule has 2 aromatic carbocycles. The van der Waals surface area contributed by atoms with Crippen molar-refractivity contribution in [3.63, 3.8) is 0 Å². The molecule has 0 radical (unpaired) electrons. The molecular weight excluding hydrogens is 413 g/mol. The predicted molar refractivity (Wildman–Crippen MR) is 107 cm³/mol. The van der Waals surface area contributed by atoms with E-state index < -0.39 is 16.7 Å². The predicted octanol–water partition coefficient (Wildman–Crippen LogP) is 4.37. The van der Waals surface area contributed by atoms with E-state index in [9.17, 15) is 23.3 Å². The van der Waals surface area contributed by atoms with Gasteiger partial charge in [-0.05, 0) is 33.7 Å². The van der Waals surface area contributed by atoms with Crippen LogP contribution in [-0.2, 0) is 19.3 Å². The maximum atomic E-state index is 12.7. The largest absolute Gasteiger partial charge is 0.444 e. The molecule has 7 nitrogen and oxygen atoms in total. The van der Waals surface area contributed by atoms with E-state index >= 15 is 0 Å². The second kappa shape index (κ2) is 8.38. The minimum atomic E-state index is -4.35. The van der Waals surface area contributed by atoms with Crippen LogP contribution >= 0.6 is 0 Å². The fourth-order valence-corrected chi connectivity index (χ4v) is 3.45. The van der Waals surface area contributed by atoms with Crippen LogP contribution in [0, 0.1) is 10.1 Å². The Kier molecular flexibility index (Phi) is 5.64. The lowest BCUT2D eigenvalue weighted by molar-refractivity contribution is -0.389. The van der Waals surface area contributed by atoms with Crippen molar-refractivity contribution < 1.29 is 22.8 Å². The first kappa shape index (κ1) is 20.9. The van der Waals surface area contributed by atoms with Gasteiger partial charge in [0, 0.05) is 31.2 Å². The van der Waals surface area contributed by atoms with E-state index in [1.165, 1.54) is 18.3 Å². The van der Waals surface area contributed by atoms with Crippen LogP contribution in [0.2, 0.25) is 0 Å². The topological polar surface area (TPSA) is 73.4 Å². The van der Waals surface area contributed by atoms with Gasteiger partial charge in [0.25, 0.3) is 0 Å². The summed E-state index contributed by atoms with van der Waals surface area (Å²) in [6, 6.07) is 13.0. The monoisotopic (exact) mass is 432 g/mol. The van der Waals surface area contributed by atoms with Gasteiger partial charge in [-0.3, -0.25) is 9.47 Å². The Morgan fingerprint density at radius 2 is 1.65 bits per heavy atom. The molecule has 1 aromatic heterocycles. The van der Waals surface area contributed by atoms with Crippen LogP contribution in [0.1, 0.15) is 11.1 Å². The fourth-order valence-electron chi connectivity index (χ4n) is 3.45. The number of aromatic nitrogens is 2. The highest BCUT2D eigenvalue weighted by Gasteiger charge is 2.30. The average molecular weight is 432 g/mol. The summed E-state index contributed by atoms with van der Waals surface area (Å²) in [5, 5.41) is 10.9. The number of rotatable bonds is 4. The molecule has 10 heteroatoms. The molecule has 0 bridgehead atoms. The van der Waals surface area contributed by atoms with Gasteiger partial charge in [0.1, 0.15) is 12.8 Å². The van der Waals surface area contributed by atoms with Crippen molar-refractivity contribution in [2.45, 2.75) is 19.3 Å². The molecule has 0 unspecified atom stereocenters. The first-order chi connectivity index (χ1) is 14.8. The maximum Gasteiger partial charge on any atom is 0.416 e. The lowest BCUT2D eigenvalue weighted by Crippen LogP contribution is -2.33. The van der Waals surface area contributed by atoms with Gasteiger partial charge in [-0.25, -0.2) is 0 Å². The van der Waals surface area contributed by atoms with Crippen LogP contribution < -0.4 is 4.74 Å². The van der Waals surface area contributed by atoms with Gasteiger partial charge in [-0.1, -0.05) is 36.4 Å². The van der Waals surface area contributed by atoms with Crippen LogP contribution in [0.15, 0.2) is 54.7 Å². The second-order valence-corrected chi connectivity index (χ2v) is 7.23. The zero-order chi connectivity index (χ0) is 22.0. The van der Waals surface area contributed by atoms with E-state index in [4.69, 9.17) is 4.74 Å². The van der Waals surface area contributed by atoms with Crippen LogP contribution in [0.5, 0.6) is 6.01 Å². The number of fused-ring (bicyclic) bond motifs is 1. The summed E-state index contributed by atoms with van der Waals surface area (Å²) in [6.45, 7) is 2.84. The number of benzene rings is 2. The molecule has 0 amide bonds. The van der Waals surface area contributed by atoms with Crippen molar-refractivity contribution in [2.75, 3.05) is 19.7 Å². The van der Waals surface area contributed by atoms with Gasteiger partial charge in [0.15, 0.2) is 0 Å². The second-order valence-electron chi connectivity index (χ2n) is 7.23. The first-order valence-electron chi connectivity index (χ1n) is 9.63. The Morgan fingerprint density at radius 3 is 2.26 bits per heavy atom. The number of ether oxygens (including phenoxy) is 1. The molecule has 0 N–H and O–H groups in total. The third kappa shape index (κ3) is 4.85. The molecule has 0 saturated heterocycles. The van der Waals surface area contributed by atoms with Gasteiger partial charge in [0.2, 0.25) is 0 Å². The number of alkyl halides is 3. The standard InChI is InChI=1S/C21H19F3N4O3/c22-21(23,24)18-7-5-17(6-8-18)16-3-1-15(2-4-16)13-26-9-10-27-14-19(28(29)30)25-20(27)31-12-11-26/h1-8,14H,9-13H2. The Balaban J connectivity index is 1.40. The lowest BCUT2D eigenvalue weighted by Gasteiger charge is -2.24. The van der Waals surface area contributed by atoms with E-state index in [-0.39, 0.29) is 11.8 Å². The number of hydrogen-bond acceptors (Lipinski definition) is 5. The third-order valence-electron chi connectivity index (χ3n) is 5.12. The summed E-state index contributed by atoms with van der Waals surface area (Å²) in [4.78, 5) is 16.4. The summed E-state index contributed by atoms with van der Waals surface area (Å²) >= 11 is 0. The van der Waals surface area contributed by atoms with Gasteiger partial charge in [-0.2, -0.15) is 13.2 Å². The minimum absolute atomic E-state index is 0.234. The molecular formula is C21H19F3N4O3. The third-order valence-corrected chi connectivity index (χ3v) is 5.12. The zero-order valence-corrected chi connectivity index (χ0v) is 16.4. The molecule has 162 valence electrons. The van der Waals surface area contributed by atoms with E-state index in [1.54, 1.807) is 4.57 Å². The molecule has 0 saturated carbocycles. The van der Waals surface area contributed by atoms with Crippen LogP contribution in [0.4, 0.5) is 19.0 Å². The summed E-state index contributed by atoms with van der Waals surface area (Å²) in [6.07, 6.45) is -2.97. The fraction of sp³-hybridized carbons (Fsp3) is 0.286. The SMILES string of the molecule is O=[N+]([O-])c1cn2c(n1)OCCN(Cc1ccc(-c3ccc(C(F)(F)F)cc3)cc1)CC2. The molecule has 1 aliphatic rings. The van der Waals surface area contributed by atoms with Gasteiger partial charge in [-0.15, -0.1) is 0 Å². The smallest absolute Gasteiger partial charge is 0.416 e. The summed E-state index contributed by atoms with van der Waals surface area (Å²) in [5.41, 5.74) is 1.93. The summed E-state index contributed by atoms with van der Waals surface area (Å²) in [7, 11) is 0. The van der Waals surface area contributed by atoms with E-state index in [0.29, 0.717) is 38.3 Å². The zero-order valence-electron chi connectivity index (χ0n) is 16.4. The molecule has 1 aliphatic heterocycles. The first-order valence-corrected chi connectivity index (χ1v) is 9.63. The average Bonchev–Trinajstić information content (AvgIpc) is 3.13. The van der Waals surface area contributed by atoms with Crippen molar-refractivity contribution >= 4 is 5.82 Å². The highest BCUT2D eigenvalue weighted by Crippen LogP contribution is 2.31. The van der Waals surface area contributed by atoms with Crippen molar-refractivity contribution in [2.24, 2.45) is 0 Å². The van der Waals surface area contributed by atoms with Crippen molar-refractivity contribution in [3.8, 4) is 17.1 Å². The minimum Gasteiger partial charge on any atom is -0.444 e. The summed E-state index contributed by atoms with van der Waals surface area (Å²) in [5.74, 6) is -0.234. The molecule has 0 aliphatic carbocycles. The van der Waals surface area contributed by atoms with Crippen LogP contribution in [0.25, 0.3) is 11.1 Å². The number of nitrogens with zero attached hydrogens (tertiary/aromatic N) is 4. The van der Waals surface area contributed by atoms with E-state index in [0.717, 1.165) is 23.3 Å². The molecule has 4 rings (SSSR count). The van der Waals surface area contributed by atoms with Crippen LogP contribution in [-0.4, -0.2) is 39.1 Å². The number of imidazole rings is 1. The Hall–Kier alpha value is -3.40. The van der Waals surface area contributed by atoms with Crippen molar-refractivity contribution in [1.82, 2.24) is 14.5 Å². The highest BCUT2D eigenvalue weighted by atomic mass is 19.4. The molecule has 31 heavy (non-hydrogen) atoms. The quantitative estimate of drug-likeness (QED) is 0.452. The van der Waals surface area contributed by atoms with Crippen molar-refractivity contribution in [3.05, 3.63) is 76.0 Å². The molecule has 0 fully saturated rings. The maximum absolute atomic E-state index is 12.7.